The van der Waals surface area contributed by atoms with Crippen LogP contribution < -0.4 is 0 Å². The lowest BCUT2D eigenvalue weighted by molar-refractivity contribution is 0.668. The number of nitrogens with zero attached hydrogens (tertiary/aromatic N) is 6. The fourth-order valence-corrected chi connectivity index (χ4v) is 26.6. The summed E-state index contributed by atoms with van der Waals surface area (Å²) in [7, 11) is 0. The van der Waals surface area contributed by atoms with Gasteiger partial charge in [-0.2, -0.15) is 0 Å². The van der Waals surface area contributed by atoms with Crippen molar-refractivity contribution in [3.63, 3.8) is 0 Å². The molecule has 0 saturated heterocycles. The Morgan fingerprint density at radius 3 is 0.827 bits per heavy atom. The fourth-order valence-electron chi connectivity index (χ4n) is 26.6. The van der Waals surface area contributed by atoms with Gasteiger partial charge >= 0.3 is 0 Å². The van der Waals surface area contributed by atoms with Crippen molar-refractivity contribution in [2.24, 2.45) is 0 Å². The van der Waals surface area contributed by atoms with Crippen LogP contribution in [0.5, 0.6) is 0 Å². The molecule has 22 aromatic carbocycles. The number of benzene rings is 22. The second kappa shape index (κ2) is 33.1. The Bertz CT molecular complexity index is 10500. The van der Waals surface area contributed by atoms with E-state index in [0.717, 1.165) is 150 Å². The molecule has 0 N–H and O–H groups in total. The first-order valence-corrected chi connectivity index (χ1v) is 50.5. The number of hydrogen-bond donors (Lipinski definition) is 0. The number of furan rings is 3. The highest BCUT2D eigenvalue weighted by Crippen LogP contribution is 2.69. The Morgan fingerprint density at radius 2 is 0.433 bits per heavy atom. The van der Waals surface area contributed by atoms with E-state index in [-0.39, 0.29) is 22.3 Å². The van der Waals surface area contributed by atoms with E-state index in [1.54, 1.807) is 0 Å². The standard InChI is InChI=1S/C50H30N2O.2C44H26N2O.3CH4/c1-2-12-32(13-3-1)49-51-44-19-9-10-20-45(44)52(49)34-25-22-31(23-26-34)33-24-27-36-35-14-4-7-17-40(35)50(43(36)30-33)41-18-8-5-16-39(41)47-42(50)29-28-38-37-15-6-11-21-46(37)53-48(38)47;1-2-12-28(13-3-1)46-39-20-10-9-19-38(39)45-43(46)27-22-23-30-29-14-4-7-17-34(29)44(37(30)26-27)35-18-8-5-16-33(35)41-36(44)25-24-32-31-15-6-11-21-40(31)47-42(32)41;1-2-12-27(13-3-1)43-45-38-19-9-10-20-39(38)46(43)28-22-23-30-29-14-4-7-17-34(29)44(37(30)26-28)35-18-8-5-16-33(35)41-36(44)25-24-32-31-15-6-11-21-40(31)47-42(32)41;;;/h1-30H;2*1-26H;3*1H4. The Morgan fingerprint density at radius 1 is 0.167 bits per heavy atom. The van der Waals surface area contributed by atoms with Crippen LogP contribution in [0.25, 0.3) is 228 Å². The molecule has 706 valence electrons. The first-order chi connectivity index (χ1) is 72.9. The summed E-state index contributed by atoms with van der Waals surface area (Å²) < 4.78 is 27.0. The van der Waals surface area contributed by atoms with Crippen molar-refractivity contribution in [3.8, 4) is 129 Å². The molecule has 3 spiro atoms. The molecule has 6 aromatic heterocycles. The smallest absolute Gasteiger partial charge is 0.145 e. The SMILES string of the molecule is C.C.C.c1ccc(-c2nc3ccccc3n2-c2ccc(-c3ccc4c(c3)C3(c5ccccc5-4)c4ccccc4-c4c3ccc3c4oc4ccccc43)cc2)cc1.c1ccc(-c2nc3ccccc3n2-c2ccc3c(c2)C2(c4ccccc4-3)c3ccccc3-c3c2ccc2c3oc3ccccc32)cc1.c1ccc(-n2c(-c3ccc4c(c3)C3(c5ccccc5-4)c4ccccc4-c4c3ccc3c4oc4ccccc43)nc3ccccc32)cc1. The van der Waals surface area contributed by atoms with Gasteiger partial charge in [0.1, 0.15) is 51.0 Å². The highest BCUT2D eigenvalue weighted by Gasteiger charge is 2.57. The average Bonchev–Trinajstić information content (AvgIpc) is 1.51. The summed E-state index contributed by atoms with van der Waals surface area (Å²) in [4.78, 5) is 15.5. The minimum absolute atomic E-state index is 0. The highest BCUT2D eigenvalue weighted by molar-refractivity contribution is 6.17. The lowest BCUT2D eigenvalue weighted by Crippen LogP contribution is -2.26. The van der Waals surface area contributed by atoms with Gasteiger partial charge in [-0.15, -0.1) is 0 Å². The normalized spacial score (nSPS) is 15.3. The fraction of sp³-hybridized carbons (Fsp3) is 0.0426. The summed E-state index contributed by atoms with van der Waals surface area (Å²) in [5, 5.41) is 6.93. The largest absolute Gasteiger partial charge is 0.455 e. The number of imidazole rings is 3. The van der Waals surface area contributed by atoms with E-state index < -0.39 is 16.2 Å². The molecule has 6 heterocycles. The van der Waals surface area contributed by atoms with Crippen molar-refractivity contribution in [2.75, 3.05) is 0 Å². The van der Waals surface area contributed by atoms with Crippen molar-refractivity contribution >= 4 is 98.9 Å². The van der Waals surface area contributed by atoms with Gasteiger partial charge in [0.25, 0.3) is 0 Å². The number of aromatic nitrogens is 6. The maximum absolute atomic E-state index is 6.72. The number of fused-ring (bicyclic) bond motifs is 45. The third-order valence-electron chi connectivity index (χ3n) is 32.5. The van der Waals surface area contributed by atoms with Gasteiger partial charge in [-0.3, -0.25) is 13.7 Å². The molecule has 3 atom stereocenters. The van der Waals surface area contributed by atoms with Gasteiger partial charge < -0.3 is 13.3 Å². The molecule has 0 bridgehead atoms. The molecule has 0 saturated carbocycles. The molecule has 0 aliphatic heterocycles. The molecular formula is C141H94N6O3. The van der Waals surface area contributed by atoms with Gasteiger partial charge in [-0.05, 0) is 231 Å². The monoisotopic (exact) mass is 1920 g/mol. The van der Waals surface area contributed by atoms with Crippen LogP contribution in [0.15, 0.2) is 511 Å². The third-order valence-corrected chi connectivity index (χ3v) is 32.5. The van der Waals surface area contributed by atoms with Crippen LogP contribution in [0.2, 0.25) is 0 Å². The van der Waals surface area contributed by atoms with Crippen LogP contribution in [-0.4, -0.2) is 28.7 Å². The quantitative estimate of drug-likeness (QED) is 0.158. The van der Waals surface area contributed by atoms with E-state index in [4.69, 9.17) is 28.2 Å². The Kier molecular flexibility index (Phi) is 19.2. The first kappa shape index (κ1) is 87.3. The number of hydrogen-bond acceptors (Lipinski definition) is 6. The zero-order valence-electron chi connectivity index (χ0n) is 79.3. The Balaban J connectivity index is 0.000000105. The van der Waals surface area contributed by atoms with E-state index in [2.05, 4.69) is 499 Å². The van der Waals surface area contributed by atoms with Crippen LogP contribution in [-0.2, 0) is 16.2 Å². The maximum Gasteiger partial charge on any atom is 0.145 e. The summed E-state index contributed by atoms with van der Waals surface area (Å²) in [5.41, 5.74) is 49.8. The predicted molar refractivity (Wildman–Crippen MR) is 616 cm³/mol. The number of para-hydroxylation sites is 10. The van der Waals surface area contributed by atoms with Gasteiger partial charge in [0.15, 0.2) is 0 Å². The molecule has 6 aliphatic carbocycles. The second-order valence-corrected chi connectivity index (χ2v) is 39.6. The summed E-state index contributed by atoms with van der Waals surface area (Å²) in [6.07, 6.45) is 0. The molecular weight excluding hydrogens is 1830 g/mol. The summed E-state index contributed by atoms with van der Waals surface area (Å²) in [6, 6.07) is 180. The lowest BCUT2D eigenvalue weighted by atomic mass is 9.70. The first-order valence-electron chi connectivity index (χ1n) is 50.5. The minimum Gasteiger partial charge on any atom is -0.455 e. The Labute approximate surface area is 866 Å². The molecule has 9 heteroatoms. The minimum atomic E-state index is -0.496. The molecule has 9 nitrogen and oxygen atoms in total. The Hall–Kier alpha value is -19.4. The van der Waals surface area contributed by atoms with E-state index in [9.17, 15) is 0 Å². The molecule has 150 heavy (non-hydrogen) atoms. The zero-order chi connectivity index (χ0) is 96.1. The van der Waals surface area contributed by atoms with Crippen LogP contribution in [0.3, 0.4) is 0 Å². The van der Waals surface area contributed by atoms with Gasteiger partial charge in [0.2, 0.25) is 0 Å². The molecule has 0 amide bonds. The molecule has 34 rings (SSSR count). The third kappa shape index (κ3) is 11.8. The van der Waals surface area contributed by atoms with Gasteiger partial charge in [0, 0.05) is 82.8 Å². The molecule has 6 aliphatic rings. The maximum atomic E-state index is 6.72. The van der Waals surface area contributed by atoms with Gasteiger partial charge in [-0.1, -0.05) is 417 Å². The number of rotatable bonds is 7. The van der Waals surface area contributed by atoms with E-state index in [1.807, 2.05) is 12.1 Å². The van der Waals surface area contributed by atoms with E-state index in [1.165, 1.54) is 145 Å². The van der Waals surface area contributed by atoms with Crippen molar-refractivity contribution in [3.05, 3.63) is 564 Å². The van der Waals surface area contributed by atoms with Gasteiger partial charge in [-0.25, -0.2) is 15.0 Å². The van der Waals surface area contributed by atoms with E-state index >= 15 is 0 Å². The van der Waals surface area contributed by atoms with Crippen LogP contribution in [0.1, 0.15) is 89.0 Å². The van der Waals surface area contributed by atoms with Gasteiger partial charge in [0.05, 0.1) is 49.3 Å². The highest BCUT2D eigenvalue weighted by atomic mass is 16.3. The lowest BCUT2D eigenvalue weighted by Gasteiger charge is -2.30. The van der Waals surface area contributed by atoms with Crippen LogP contribution in [0, 0.1) is 0 Å². The summed E-state index contributed by atoms with van der Waals surface area (Å²) in [6.45, 7) is 0. The van der Waals surface area contributed by atoms with E-state index in [0.29, 0.717) is 0 Å². The topological polar surface area (TPSA) is 92.9 Å². The van der Waals surface area contributed by atoms with Crippen LogP contribution >= 0.6 is 0 Å². The zero-order valence-corrected chi connectivity index (χ0v) is 79.3. The summed E-state index contributed by atoms with van der Waals surface area (Å²) >= 11 is 0. The molecule has 28 aromatic rings. The molecule has 0 radical (unpaired) electrons. The van der Waals surface area contributed by atoms with Crippen molar-refractivity contribution < 1.29 is 13.3 Å². The van der Waals surface area contributed by atoms with Crippen molar-refractivity contribution in [2.45, 2.75) is 38.5 Å². The second-order valence-electron chi connectivity index (χ2n) is 39.6. The molecule has 0 fully saturated rings. The van der Waals surface area contributed by atoms with Crippen molar-refractivity contribution in [1.82, 2.24) is 28.7 Å². The average molecular weight is 1920 g/mol. The van der Waals surface area contributed by atoms with Crippen molar-refractivity contribution in [1.29, 1.82) is 0 Å². The predicted octanol–water partition coefficient (Wildman–Crippen LogP) is 36.4. The summed E-state index contributed by atoms with van der Waals surface area (Å²) in [5.74, 6) is 2.81. The van der Waals surface area contributed by atoms with Crippen LogP contribution in [0.4, 0.5) is 0 Å². The molecule has 3 unspecified atom stereocenters.